The Morgan fingerprint density at radius 2 is 2.12 bits per heavy atom. The van der Waals surface area contributed by atoms with Crippen LogP contribution in [-0.4, -0.2) is 23.0 Å². The van der Waals surface area contributed by atoms with E-state index in [1.807, 2.05) is 6.07 Å². The van der Waals surface area contributed by atoms with Crippen molar-refractivity contribution in [2.45, 2.75) is 32.3 Å². The summed E-state index contributed by atoms with van der Waals surface area (Å²) in [6.45, 7) is 1.50. The zero-order valence-electron chi connectivity index (χ0n) is 12.8. The molecule has 0 fully saturated rings. The van der Waals surface area contributed by atoms with E-state index in [1.165, 1.54) is 41.0 Å². The molecule has 0 saturated carbocycles. The second kappa shape index (κ2) is 7.09. The minimum atomic E-state index is -0.969. The Hall–Kier alpha value is -1.63. The summed E-state index contributed by atoms with van der Waals surface area (Å²) in [5, 5.41) is 3.09. The quantitative estimate of drug-likeness (QED) is 0.804. The average molecular weight is 385 g/mol. The van der Waals surface area contributed by atoms with Gasteiger partial charge < -0.3 is 10.1 Å². The highest BCUT2D eigenvalue weighted by atomic mass is 35.5. The highest BCUT2D eigenvalue weighted by Crippen LogP contribution is 2.31. The normalized spacial score (nSPS) is 14.1. The van der Waals surface area contributed by atoms with Crippen LogP contribution in [0.3, 0.4) is 0 Å². The molecule has 2 aromatic heterocycles. The number of nitrogens with zero attached hydrogens (tertiary/aromatic N) is 1. The van der Waals surface area contributed by atoms with Gasteiger partial charge in [-0.2, -0.15) is 0 Å². The Kier molecular flexibility index (Phi) is 5.08. The molecular formula is C16H14Cl2N2O3S. The number of pyridine rings is 1. The maximum absolute atomic E-state index is 12.2. The number of halogens is 2. The number of thiophene rings is 1. The third-order valence-corrected chi connectivity index (χ3v) is 5.36. The Bertz CT molecular complexity index is 785. The molecule has 1 amide bonds. The van der Waals surface area contributed by atoms with Crippen molar-refractivity contribution in [1.29, 1.82) is 0 Å². The van der Waals surface area contributed by atoms with Crippen molar-refractivity contribution in [3.63, 3.8) is 0 Å². The zero-order chi connectivity index (χ0) is 17.3. The fraction of sp³-hybridized carbons (Fsp3) is 0.312. The van der Waals surface area contributed by atoms with Gasteiger partial charge in [0.1, 0.15) is 4.88 Å². The largest absolute Gasteiger partial charge is 0.448 e. The van der Waals surface area contributed by atoms with Crippen molar-refractivity contribution >= 4 is 52.2 Å². The molecule has 3 rings (SSSR count). The number of nitrogens with one attached hydrogen (secondary N) is 1. The van der Waals surface area contributed by atoms with E-state index >= 15 is 0 Å². The minimum Gasteiger partial charge on any atom is -0.448 e. The number of hydrogen-bond acceptors (Lipinski definition) is 5. The first-order valence-electron chi connectivity index (χ1n) is 7.38. The standard InChI is InChI=1S/C16H14Cl2N2O3S/c1-8(15(21)20-14-11(18)6-10(17)7-19-14)23-16(22)13-5-9-3-2-4-12(9)24-13/h5-8H,2-4H2,1H3,(H,19,20,21)/t8-/m1/s1. The van der Waals surface area contributed by atoms with Gasteiger partial charge in [0.25, 0.3) is 5.91 Å². The van der Waals surface area contributed by atoms with Crippen LogP contribution in [-0.2, 0) is 22.4 Å². The summed E-state index contributed by atoms with van der Waals surface area (Å²) in [4.78, 5) is 30.0. The number of amides is 1. The van der Waals surface area contributed by atoms with E-state index in [2.05, 4.69) is 10.3 Å². The fourth-order valence-corrected chi connectivity index (χ4v) is 3.99. The summed E-state index contributed by atoms with van der Waals surface area (Å²) in [5.41, 5.74) is 1.21. The Labute approximate surface area is 152 Å². The molecular weight excluding hydrogens is 371 g/mol. The summed E-state index contributed by atoms with van der Waals surface area (Å²) in [6, 6.07) is 3.33. The first-order chi connectivity index (χ1) is 11.4. The van der Waals surface area contributed by atoms with E-state index < -0.39 is 18.0 Å². The smallest absolute Gasteiger partial charge is 0.349 e. The topological polar surface area (TPSA) is 68.3 Å². The van der Waals surface area contributed by atoms with E-state index in [4.69, 9.17) is 27.9 Å². The Morgan fingerprint density at radius 1 is 1.33 bits per heavy atom. The second-order valence-electron chi connectivity index (χ2n) is 5.43. The SMILES string of the molecule is C[C@@H](OC(=O)c1cc2c(s1)CCC2)C(=O)Nc1ncc(Cl)cc1Cl. The second-order valence-corrected chi connectivity index (χ2v) is 7.41. The van der Waals surface area contributed by atoms with Crippen molar-refractivity contribution < 1.29 is 14.3 Å². The van der Waals surface area contributed by atoms with Gasteiger partial charge in [0.05, 0.1) is 10.0 Å². The summed E-state index contributed by atoms with van der Waals surface area (Å²) >= 11 is 13.1. The molecule has 1 aliphatic rings. The number of ether oxygens (including phenoxy) is 1. The molecule has 0 unspecified atom stereocenters. The minimum absolute atomic E-state index is 0.170. The first kappa shape index (κ1) is 17.2. The third-order valence-electron chi connectivity index (χ3n) is 3.65. The van der Waals surface area contributed by atoms with E-state index in [0.29, 0.717) is 9.90 Å². The fourth-order valence-electron chi connectivity index (χ4n) is 2.43. The molecule has 1 N–H and O–H groups in total. The van der Waals surface area contributed by atoms with Crippen LogP contribution >= 0.6 is 34.5 Å². The van der Waals surface area contributed by atoms with E-state index in [9.17, 15) is 9.59 Å². The molecule has 2 aromatic rings. The van der Waals surface area contributed by atoms with E-state index in [0.717, 1.165) is 19.3 Å². The number of anilines is 1. The number of aromatic nitrogens is 1. The predicted molar refractivity (Wildman–Crippen MR) is 94.1 cm³/mol. The molecule has 24 heavy (non-hydrogen) atoms. The number of aryl methyl sites for hydroxylation is 2. The molecule has 0 aromatic carbocycles. The first-order valence-corrected chi connectivity index (χ1v) is 8.96. The van der Waals surface area contributed by atoms with Crippen LogP contribution in [0.5, 0.6) is 0 Å². The lowest BCUT2D eigenvalue weighted by atomic mass is 10.2. The number of esters is 1. The number of carbonyl (C=O) groups is 2. The van der Waals surface area contributed by atoms with Crippen LogP contribution < -0.4 is 5.32 Å². The van der Waals surface area contributed by atoms with Crippen molar-refractivity contribution in [3.8, 4) is 0 Å². The van der Waals surface area contributed by atoms with Crippen molar-refractivity contribution in [3.05, 3.63) is 43.7 Å². The molecule has 1 atom stereocenters. The van der Waals surface area contributed by atoms with Crippen LogP contribution in [0.25, 0.3) is 0 Å². The van der Waals surface area contributed by atoms with Crippen LogP contribution in [0, 0.1) is 0 Å². The molecule has 126 valence electrons. The zero-order valence-corrected chi connectivity index (χ0v) is 15.1. The number of hydrogen-bond donors (Lipinski definition) is 1. The summed E-state index contributed by atoms with van der Waals surface area (Å²) in [6.07, 6.45) is 3.53. The highest BCUT2D eigenvalue weighted by Gasteiger charge is 2.24. The van der Waals surface area contributed by atoms with Crippen molar-refractivity contribution in [2.75, 3.05) is 5.32 Å². The maximum atomic E-state index is 12.2. The van der Waals surface area contributed by atoms with Crippen LogP contribution in [0.1, 0.15) is 33.5 Å². The highest BCUT2D eigenvalue weighted by molar-refractivity contribution is 7.14. The van der Waals surface area contributed by atoms with Crippen LogP contribution in [0.2, 0.25) is 10.0 Å². The van der Waals surface area contributed by atoms with Crippen LogP contribution in [0.15, 0.2) is 18.3 Å². The molecule has 5 nitrogen and oxygen atoms in total. The van der Waals surface area contributed by atoms with Gasteiger partial charge in [-0.15, -0.1) is 11.3 Å². The molecule has 0 bridgehead atoms. The molecule has 2 heterocycles. The Balaban J connectivity index is 1.61. The third kappa shape index (κ3) is 3.71. The van der Waals surface area contributed by atoms with Gasteiger partial charge in [-0.05, 0) is 43.9 Å². The number of carbonyl (C=O) groups excluding carboxylic acids is 2. The number of rotatable bonds is 4. The summed E-state index contributed by atoms with van der Waals surface area (Å²) < 4.78 is 5.23. The lowest BCUT2D eigenvalue weighted by Crippen LogP contribution is -2.30. The van der Waals surface area contributed by atoms with Gasteiger partial charge in [0, 0.05) is 11.1 Å². The molecule has 1 aliphatic carbocycles. The number of fused-ring (bicyclic) bond motifs is 1. The summed E-state index contributed by atoms with van der Waals surface area (Å²) in [5.74, 6) is -0.833. The lowest BCUT2D eigenvalue weighted by Gasteiger charge is -2.13. The van der Waals surface area contributed by atoms with Crippen molar-refractivity contribution in [1.82, 2.24) is 4.98 Å². The lowest BCUT2D eigenvalue weighted by molar-refractivity contribution is -0.123. The van der Waals surface area contributed by atoms with Gasteiger partial charge >= 0.3 is 5.97 Å². The predicted octanol–water partition coefficient (Wildman–Crippen LogP) is 4.12. The van der Waals surface area contributed by atoms with E-state index in [-0.39, 0.29) is 10.8 Å². The average Bonchev–Trinajstić information content (AvgIpc) is 3.11. The van der Waals surface area contributed by atoms with Gasteiger partial charge in [-0.1, -0.05) is 23.2 Å². The van der Waals surface area contributed by atoms with Crippen LogP contribution in [0.4, 0.5) is 5.82 Å². The molecule has 8 heteroatoms. The van der Waals surface area contributed by atoms with Gasteiger partial charge in [-0.3, -0.25) is 4.79 Å². The monoisotopic (exact) mass is 384 g/mol. The Morgan fingerprint density at radius 3 is 2.83 bits per heavy atom. The van der Waals surface area contributed by atoms with Crippen molar-refractivity contribution in [2.24, 2.45) is 0 Å². The molecule has 0 aliphatic heterocycles. The molecule has 0 spiro atoms. The van der Waals surface area contributed by atoms with E-state index in [1.54, 1.807) is 0 Å². The summed E-state index contributed by atoms with van der Waals surface area (Å²) in [7, 11) is 0. The maximum Gasteiger partial charge on any atom is 0.349 e. The molecule has 0 saturated heterocycles. The van der Waals surface area contributed by atoms with Gasteiger partial charge in [0.15, 0.2) is 11.9 Å². The van der Waals surface area contributed by atoms with Gasteiger partial charge in [-0.25, -0.2) is 9.78 Å². The van der Waals surface area contributed by atoms with Gasteiger partial charge in [0.2, 0.25) is 0 Å². The molecule has 0 radical (unpaired) electrons.